The summed E-state index contributed by atoms with van der Waals surface area (Å²) in [6.45, 7) is 7.16. The van der Waals surface area contributed by atoms with Gasteiger partial charge >= 0.3 is 0 Å². The molecule has 2 atom stereocenters. The number of fused-ring (bicyclic) bond motifs is 1. The number of hydrogen-bond acceptors (Lipinski definition) is 10. The summed E-state index contributed by atoms with van der Waals surface area (Å²) in [7, 11) is 0. The molecule has 3 N–H and O–H groups in total. The molecule has 3 aliphatic rings. The Bertz CT molecular complexity index is 1930. The van der Waals surface area contributed by atoms with E-state index in [1.807, 2.05) is 17.0 Å². The molecular formula is C39H47F2N9O4. The lowest BCUT2D eigenvalue weighted by Crippen LogP contribution is -2.47. The smallest absolute Gasteiger partial charge is 0.256 e. The third-order valence-corrected chi connectivity index (χ3v) is 10.5. The van der Waals surface area contributed by atoms with Crippen LogP contribution >= 0.6 is 0 Å². The number of amides is 3. The standard InChI is InChI=1S/C39H47F2N9O4/c40-27-6-11-32(41)30(25-27)34-5-4-16-49(34)35-14-17-50-37(45-35)31(26-43-50)38(52)42-15-2-1-3-23-54-24-22-47-18-20-48(21-19-47)29-9-7-28(8-10-29)44-33-12-13-36(51)46-39(33)53/h6-11,14,17,25-26,33-34,44H,1-5,12-13,15-16,18-24H2,(H,42,52)(H,46,51,53). The van der Waals surface area contributed by atoms with E-state index in [0.717, 1.165) is 81.9 Å². The Morgan fingerprint density at radius 3 is 2.59 bits per heavy atom. The first-order chi connectivity index (χ1) is 26.3. The maximum absolute atomic E-state index is 14.6. The van der Waals surface area contributed by atoms with Crippen LogP contribution in [0.25, 0.3) is 5.65 Å². The number of unbranched alkanes of at least 4 members (excludes halogenated alkanes) is 2. The SMILES string of the molecule is O=C1CCC(Nc2ccc(N3CCN(CCOCCCCCNC(=O)c4cnn5ccc(N6CCCC6c6cc(F)ccc6F)nc45)CC3)cc2)C(=O)N1. The fourth-order valence-corrected chi connectivity index (χ4v) is 7.44. The van der Waals surface area contributed by atoms with Crippen molar-refractivity contribution < 1.29 is 27.9 Å². The first-order valence-corrected chi connectivity index (χ1v) is 18.9. The van der Waals surface area contributed by atoms with Crippen molar-refractivity contribution >= 4 is 40.6 Å². The zero-order valence-electron chi connectivity index (χ0n) is 30.3. The maximum Gasteiger partial charge on any atom is 0.256 e. The topological polar surface area (TPSA) is 136 Å². The molecular weight excluding hydrogens is 696 g/mol. The second-order valence-electron chi connectivity index (χ2n) is 14.1. The van der Waals surface area contributed by atoms with Gasteiger partial charge in [-0.3, -0.25) is 24.6 Å². The van der Waals surface area contributed by atoms with Crippen LogP contribution in [-0.2, 0) is 14.3 Å². The highest BCUT2D eigenvalue weighted by Gasteiger charge is 2.30. The van der Waals surface area contributed by atoms with Crippen LogP contribution in [0.2, 0.25) is 0 Å². The van der Waals surface area contributed by atoms with Gasteiger partial charge in [-0.15, -0.1) is 0 Å². The van der Waals surface area contributed by atoms with Gasteiger partial charge in [0.25, 0.3) is 5.91 Å². The summed E-state index contributed by atoms with van der Waals surface area (Å²) in [6, 6.07) is 12.7. The van der Waals surface area contributed by atoms with Gasteiger partial charge in [0, 0.05) is 82.0 Å². The molecule has 3 saturated heterocycles. The van der Waals surface area contributed by atoms with Crippen LogP contribution in [0.3, 0.4) is 0 Å². The van der Waals surface area contributed by atoms with Gasteiger partial charge in [-0.05, 0) is 87.1 Å². The molecule has 0 spiro atoms. The predicted octanol–water partition coefficient (Wildman–Crippen LogP) is 4.31. The van der Waals surface area contributed by atoms with Crippen LogP contribution in [0, 0.1) is 11.6 Å². The van der Waals surface area contributed by atoms with Crippen LogP contribution in [0.5, 0.6) is 0 Å². The monoisotopic (exact) mass is 743 g/mol. The molecule has 2 aromatic heterocycles. The van der Waals surface area contributed by atoms with Crippen molar-refractivity contribution in [2.75, 3.05) is 74.1 Å². The number of carbonyl (C=O) groups is 3. The van der Waals surface area contributed by atoms with Crippen molar-refractivity contribution in [3.05, 3.63) is 83.7 Å². The highest BCUT2D eigenvalue weighted by Crippen LogP contribution is 2.37. The number of aromatic nitrogens is 3. The van der Waals surface area contributed by atoms with Gasteiger partial charge in [0.2, 0.25) is 11.8 Å². The molecule has 0 bridgehead atoms. The average Bonchev–Trinajstić information content (AvgIpc) is 3.84. The van der Waals surface area contributed by atoms with Gasteiger partial charge in [-0.2, -0.15) is 5.10 Å². The zero-order valence-corrected chi connectivity index (χ0v) is 30.3. The van der Waals surface area contributed by atoms with Gasteiger partial charge in [0.05, 0.1) is 18.8 Å². The number of nitrogens with one attached hydrogen (secondary N) is 3. The molecule has 0 radical (unpaired) electrons. The van der Waals surface area contributed by atoms with E-state index in [-0.39, 0.29) is 23.8 Å². The molecule has 286 valence electrons. The molecule has 54 heavy (non-hydrogen) atoms. The second kappa shape index (κ2) is 17.3. The number of hydrogen-bond donors (Lipinski definition) is 3. The lowest BCUT2D eigenvalue weighted by molar-refractivity contribution is -0.133. The first kappa shape index (κ1) is 37.2. The number of carbonyl (C=O) groups excluding carboxylic acids is 3. The Labute approximate surface area is 313 Å². The fraction of sp³-hybridized carbons (Fsp3) is 0.462. The highest BCUT2D eigenvalue weighted by atomic mass is 19.1. The van der Waals surface area contributed by atoms with Crippen molar-refractivity contribution in [3.63, 3.8) is 0 Å². The lowest BCUT2D eigenvalue weighted by Gasteiger charge is -2.36. The molecule has 13 nitrogen and oxygen atoms in total. The number of halogens is 2. The Morgan fingerprint density at radius 1 is 0.944 bits per heavy atom. The van der Waals surface area contributed by atoms with Crippen LogP contribution in [0.1, 0.15) is 66.9 Å². The predicted molar refractivity (Wildman–Crippen MR) is 201 cm³/mol. The van der Waals surface area contributed by atoms with E-state index in [4.69, 9.17) is 9.72 Å². The van der Waals surface area contributed by atoms with E-state index in [0.29, 0.717) is 68.2 Å². The summed E-state index contributed by atoms with van der Waals surface area (Å²) in [5, 5.41) is 12.9. The van der Waals surface area contributed by atoms with E-state index < -0.39 is 17.7 Å². The number of rotatable bonds is 15. The molecule has 3 fully saturated rings. The summed E-state index contributed by atoms with van der Waals surface area (Å²) in [4.78, 5) is 48.0. The number of piperazine rings is 1. The normalized spacial score (nSPS) is 19.4. The van der Waals surface area contributed by atoms with Gasteiger partial charge < -0.3 is 25.2 Å². The van der Waals surface area contributed by atoms with E-state index >= 15 is 0 Å². The highest BCUT2D eigenvalue weighted by molar-refractivity contribution is 6.01. The number of ether oxygens (including phenoxy) is 1. The lowest BCUT2D eigenvalue weighted by atomic mass is 10.0. The minimum absolute atomic E-state index is 0.217. The zero-order chi connectivity index (χ0) is 37.4. The van der Waals surface area contributed by atoms with E-state index in [1.54, 1.807) is 16.8 Å². The van der Waals surface area contributed by atoms with Crippen molar-refractivity contribution in [2.45, 2.75) is 57.0 Å². The summed E-state index contributed by atoms with van der Waals surface area (Å²) >= 11 is 0. The maximum atomic E-state index is 14.6. The molecule has 2 aromatic carbocycles. The minimum atomic E-state index is -0.476. The Balaban J connectivity index is 0.768. The third kappa shape index (κ3) is 8.96. The average molecular weight is 744 g/mol. The van der Waals surface area contributed by atoms with E-state index in [2.05, 4.69) is 43.0 Å². The number of benzene rings is 2. The van der Waals surface area contributed by atoms with Gasteiger partial charge in [-0.25, -0.2) is 18.3 Å². The second-order valence-corrected chi connectivity index (χ2v) is 14.1. The molecule has 5 heterocycles. The van der Waals surface area contributed by atoms with Crippen LogP contribution in [0.4, 0.5) is 26.0 Å². The van der Waals surface area contributed by atoms with Crippen LogP contribution in [0.15, 0.2) is 60.9 Å². The third-order valence-electron chi connectivity index (χ3n) is 10.5. The Hall–Kier alpha value is -5.15. The Morgan fingerprint density at radius 2 is 1.78 bits per heavy atom. The molecule has 0 saturated carbocycles. The molecule has 15 heteroatoms. The van der Waals surface area contributed by atoms with Crippen LogP contribution in [-0.4, -0.2) is 102 Å². The van der Waals surface area contributed by atoms with Gasteiger partial charge in [-0.1, -0.05) is 0 Å². The molecule has 3 amide bonds. The molecule has 4 aromatic rings. The molecule has 3 aliphatic heterocycles. The van der Waals surface area contributed by atoms with Crippen molar-refractivity contribution in [1.29, 1.82) is 0 Å². The van der Waals surface area contributed by atoms with Gasteiger partial charge in [0.1, 0.15) is 29.1 Å². The molecule has 2 unspecified atom stereocenters. The first-order valence-electron chi connectivity index (χ1n) is 18.9. The van der Waals surface area contributed by atoms with Crippen molar-refractivity contribution in [1.82, 2.24) is 30.1 Å². The summed E-state index contributed by atoms with van der Waals surface area (Å²) < 4.78 is 36.0. The molecule has 0 aliphatic carbocycles. The summed E-state index contributed by atoms with van der Waals surface area (Å²) in [6.07, 6.45) is 8.23. The summed E-state index contributed by atoms with van der Waals surface area (Å²) in [5.74, 6) is -1.07. The molecule has 7 rings (SSSR count). The van der Waals surface area contributed by atoms with Crippen molar-refractivity contribution in [3.8, 4) is 0 Å². The van der Waals surface area contributed by atoms with Gasteiger partial charge in [0.15, 0.2) is 5.65 Å². The number of imide groups is 1. The largest absolute Gasteiger partial charge is 0.380 e. The minimum Gasteiger partial charge on any atom is -0.380 e. The van der Waals surface area contributed by atoms with E-state index in [9.17, 15) is 23.2 Å². The fourth-order valence-electron chi connectivity index (χ4n) is 7.44. The quantitative estimate of drug-likeness (QED) is 0.120. The Kier molecular flexibility index (Phi) is 11.9. The summed E-state index contributed by atoms with van der Waals surface area (Å²) in [5.41, 5.74) is 3.10. The van der Waals surface area contributed by atoms with Crippen LogP contribution < -0.4 is 25.8 Å². The number of nitrogens with zero attached hydrogens (tertiary/aromatic N) is 6. The van der Waals surface area contributed by atoms with Crippen molar-refractivity contribution in [2.24, 2.45) is 0 Å². The number of anilines is 3. The number of piperidine rings is 1. The van der Waals surface area contributed by atoms with E-state index in [1.165, 1.54) is 12.3 Å².